The average molecular weight is 302 g/mol. The van der Waals surface area contributed by atoms with Gasteiger partial charge in [-0.25, -0.2) is 0 Å². The molecule has 5 nitrogen and oxygen atoms in total. The van der Waals surface area contributed by atoms with Crippen LogP contribution in [-0.4, -0.2) is 58.5 Å². The van der Waals surface area contributed by atoms with Crippen molar-refractivity contribution in [2.45, 2.75) is 37.8 Å². The van der Waals surface area contributed by atoms with E-state index in [4.69, 9.17) is 0 Å². The topological polar surface area (TPSA) is 60.9 Å². The summed E-state index contributed by atoms with van der Waals surface area (Å²) in [6.07, 6.45) is 2.77. The Bertz CT molecular complexity index is 542. The van der Waals surface area contributed by atoms with Gasteiger partial charge in [0.25, 0.3) is 0 Å². The van der Waals surface area contributed by atoms with Crippen molar-refractivity contribution >= 4 is 11.8 Å². The average Bonchev–Trinajstić information content (AvgIpc) is 2.58. The summed E-state index contributed by atoms with van der Waals surface area (Å²) < 4.78 is 0. The third-order valence-corrected chi connectivity index (χ3v) is 4.55. The minimum absolute atomic E-state index is 0.0392. The van der Waals surface area contributed by atoms with Crippen molar-refractivity contribution in [3.63, 3.8) is 0 Å². The number of hydrogen-bond acceptors (Lipinski definition) is 3. The van der Waals surface area contributed by atoms with E-state index in [2.05, 4.69) is 0 Å². The number of hydrogen-bond donors (Lipinski definition) is 1. The molecule has 1 aromatic rings. The standard InChI is InChI=1S/C17H22N2O3/c20-15-10-18(16(21)9-13-5-2-1-3-6-13)12-17(22)19(11-15)14-7-4-8-14/h1-3,5-6,14-15,20H,4,7-12H2. The molecule has 3 rings (SSSR count). The Kier molecular flexibility index (Phi) is 4.43. The van der Waals surface area contributed by atoms with Crippen LogP contribution in [0.2, 0.25) is 0 Å². The Labute approximate surface area is 130 Å². The van der Waals surface area contributed by atoms with Gasteiger partial charge in [0.15, 0.2) is 0 Å². The van der Waals surface area contributed by atoms with Gasteiger partial charge >= 0.3 is 0 Å². The van der Waals surface area contributed by atoms with Crippen LogP contribution in [0.4, 0.5) is 0 Å². The highest BCUT2D eigenvalue weighted by atomic mass is 16.3. The molecule has 1 saturated heterocycles. The van der Waals surface area contributed by atoms with Gasteiger partial charge in [0, 0.05) is 19.1 Å². The van der Waals surface area contributed by atoms with Gasteiger partial charge in [-0.3, -0.25) is 9.59 Å². The Morgan fingerprint density at radius 3 is 2.55 bits per heavy atom. The van der Waals surface area contributed by atoms with E-state index in [1.54, 1.807) is 4.90 Å². The number of amides is 2. The molecule has 0 aromatic heterocycles. The highest BCUT2D eigenvalue weighted by molar-refractivity contribution is 5.86. The summed E-state index contributed by atoms with van der Waals surface area (Å²) in [5, 5.41) is 10.1. The maximum Gasteiger partial charge on any atom is 0.242 e. The Balaban J connectivity index is 1.66. The monoisotopic (exact) mass is 302 g/mol. The Morgan fingerprint density at radius 1 is 1.18 bits per heavy atom. The molecule has 118 valence electrons. The summed E-state index contributed by atoms with van der Waals surface area (Å²) >= 11 is 0. The van der Waals surface area contributed by atoms with E-state index in [-0.39, 0.29) is 37.4 Å². The van der Waals surface area contributed by atoms with E-state index < -0.39 is 6.10 Å². The van der Waals surface area contributed by atoms with Crippen LogP contribution >= 0.6 is 0 Å². The summed E-state index contributed by atoms with van der Waals surface area (Å²) in [5.74, 6) is -0.142. The molecule has 1 aromatic carbocycles. The third kappa shape index (κ3) is 3.30. The maximum absolute atomic E-state index is 12.4. The second kappa shape index (κ2) is 6.48. The van der Waals surface area contributed by atoms with Crippen molar-refractivity contribution in [3.05, 3.63) is 35.9 Å². The van der Waals surface area contributed by atoms with E-state index in [9.17, 15) is 14.7 Å². The molecule has 22 heavy (non-hydrogen) atoms. The molecule has 1 unspecified atom stereocenters. The van der Waals surface area contributed by atoms with Crippen LogP contribution < -0.4 is 0 Å². The van der Waals surface area contributed by atoms with E-state index in [0.29, 0.717) is 6.54 Å². The van der Waals surface area contributed by atoms with Gasteiger partial charge in [-0.1, -0.05) is 30.3 Å². The van der Waals surface area contributed by atoms with Crippen molar-refractivity contribution in [2.75, 3.05) is 19.6 Å². The summed E-state index contributed by atoms with van der Waals surface area (Å²) in [5.41, 5.74) is 0.925. The number of carbonyl (C=O) groups excluding carboxylic acids is 2. The van der Waals surface area contributed by atoms with Crippen LogP contribution in [0.1, 0.15) is 24.8 Å². The van der Waals surface area contributed by atoms with Crippen LogP contribution in [-0.2, 0) is 16.0 Å². The molecule has 0 spiro atoms. The second-order valence-corrected chi connectivity index (χ2v) is 6.22. The molecule has 5 heteroatoms. The number of carbonyl (C=O) groups is 2. The zero-order valence-electron chi connectivity index (χ0n) is 12.6. The number of aliphatic hydroxyl groups excluding tert-OH is 1. The van der Waals surface area contributed by atoms with Crippen molar-refractivity contribution < 1.29 is 14.7 Å². The molecule has 1 atom stereocenters. The Hall–Kier alpha value is -1.88. The molecule has 1 N–H and O–H groups in total. The number of benzene rings is 1. The normalized spacial score (nSPS) is 23.1. The SMILES string of the molecule is O=C(Cc1ccccc1)N1CC(=O)N(C2CCC2)CC(O)C1. The van der Waals surface area contributed by atoms with E-state index in [0.717, 1.165) is 24.8 Å². The first-order chi connectivity index (χ1) is 10.6. The van der Waals surface area contributed by atoms with Gasteiger partial charge in [-0.05, 0) is 24.8 Å². The molecule has 2 fully saturated rings. The highest BCUT2D eigenvalue weighted by Gasteiger charge is 2.35. The zero-order chi connectivity index (χ0) is 15.5. The lowest BCUT2D eigenvalue weighted by Crippen LogP contribution is -2.47. The largest absolute Gasteiger partial charge is 0.389 e. The molecule has 1 saturated carbocycles. The molecular weight excluding hydrogens is 280 g/mol. The molecule has 2 aliphatic rings. The van der Waals surface area contributed by atoms with Crippen molar-refractivity contribution in [1.29, 1.82) is 0 Å². The minimum atomic E-state index is -0.660. The predicted molar refractivity (Wildman–Crippen MR) is 82.1 cm³/mol. The fraction of sp³-hybridized carbons (Fsp3) is 0.529. The first-order valence-corrected chi connectivity index (χ1v) is 7.92. The van der Waals surface area contributed by atoms with Gasteiger partial charge in [0.05, 0.1) is 19.1 Å². The zero-order valence-corrected chi connectivity index (χ0v) is 12.6. The quantitative estimate of drug-likeness (QED) is 0.899. The van der Waals surface area contributed by atoms with Gasteiger partial charge in [0.2, 0.25) is 11.8 Å². The molecular formula is C17H22N2O3. The lowest BCUT2D eigenvalue weighted by Gasteiger charge is -2.37. The number of nitrogens with zero attached hydrogens (tertiary/aromatic N) is 2. The number of aliphatic hydroxyl groups is 1. The van der Waals surface area contributed by atoms with Gasteiger partial charge in [-0.2, -0.15) is 0 Å². The maximum atomic E-state index is 12.4. The lowest BCUT2D eigenvalue weighted by molar-refractivity contribution is -0.140. The number of rotatable bonds is 3. The number of β-amino-alcohol motifs (C(OH)–C–C–N with tert-alkyl or cyclic N) is 1. The molecule has 1 aliphatic carbocycles. The fourth-order valence-corrected chi connectivity index (χ4v) is 3.08. The summed E-state index contributed by atoms with van der Waals surface area (Å²) in [6.45, 7) is 0.665. The van der Waals surface area contributed by atoms with Crippen molar-refractivity contribution in [2.24, 2.45) is 0 Å². The van der Waals surface area contributed by atoms with Crippen molar-refractivity contribution in [3.8, 4) is 0 Å². The second-order valence-electron chi connectivity index (χ2n) is 6.22. The van der Waals surface area contributed by atoms with E-state index in [1.165, 1.54) is 4.90 Å². The smallest absolute Gasteiger partial charge is 0.242 e. The predicted octanol–water partition coefficient (Wildman–Crippen LogP) is 0.813. The highest BCUT2D eigenvalue weighted by Crippen LogP contribution is 2.26. The first kappa shape index (κ1) is 15.0. The molecule has 0 radical (unpaired) electrons. The summed E-state index contributed by atoms with van der Waals surface area (Å²) in [7, 11) is 0. The minimum Gasteiger partial charge on any atom is -0.389 e. The van der Waals surface area contributed by atoms with Crippen LogP contribution in [0.3, 0.4) is 0 Å². The van der Waals surface area contributed by atoms with Crippen LogP contribution in [0.25, 0.3) is 0 Å². The van der Waals surface area contributed by atoms with E-state index in [1.807, 2.05) is 30.3 Å². The van der Waals surface area contributed by atoms with Gasteiger partial charge in [0.1, 0.15) is 0 Å². The van der Waals surface area contributed by atoms with Crippen LogP contribution in [0, 0.1) is 0 Å². The van der Waals surface area contributed by atoms with Crippen molar-refractivity contribution in [1.82, 2.24) is 9.80 Å². The first-order valence-electron chi connectivity index (χ1n) is 7.92. The summed E-state index contributed by atoms with van der Waals surface area (Å²) in [4.78, 5) is 28.1. The Morgan fingerprint density at radius 2 is 1.91 bits per heavy atom. The fourth-order valence-electron chi connectivity index (χ4n) is 3.08. The third-order valence-electron chi connectivity index (χ3n) is 4.55. The van der Waals surface area contributed by atoms with Gasteiger partial charge in [-0.15, -0.1) is 0 Å². The van der Waals surface area contributed by atoms with Crippen LogP contribution in [0.5, 0.6) is 0 Å². The molecule has 0 bridgehead atoms. The lowest BCUT2D eigenvalue weighted by atomic mass is 9.91. The molecule has 2 amide bonds. The van der Waals surface area contributed by atoms with E-state index >= 15 is 0 Å². The molecule has 1 aliphatic heterocycles. The summed E-state index contributed by atoms with van der Waals surface area (Å²) in [6, 6.07) is 9.74. The van der Waals surface area contributed by atoms with Gasteiger partial charge < -0.3 is 14.9 Å². The molecule has 1 heterocycles. The van der Waals surface area contributed by atoms with Crippen LogP contribution in [0.15, 0.2) is 30.3 Å².